The molecule has 0 aromatic heterocycles. The SMILES string of the molecule is CCOC(=O)N1CCN(CC(=O)Nc2ccc(N(CC)C(C)C)cc2)CC1. The van der Waals surface area contributed by atoms with Gasteiger partial charge in [0.15, 0.2) is 0 Å². The molecule has 7 heteroatoms. The molecule has 1 aliphatic rings. The molecule has 27 heavy (non-hydrogen) atoms. The number of amides is 2. The fraction of sp³-hybridized carbons (Fsp3) is 0.600. The largest absolute Gasteiger partial charge is 0.450 e. The average molecular weight is 377 g/mol. The molecule has 2 amide bonds. The van der Waals surface area contributed by atoms with E-state index in [1.807, 2.05) is 24.3 Å². The number of nitrogens with one attached hydrogen (secondary N) is 1. The van der Waals surface area contributed by atoms with Crippen molar-refractivity contribution in [2.24, 2.45) is 0 Å². The van der Waals surface area contributed by atoms with Crippen molar-refractivity contribution >= 4 is 23.4 Å². The van der Waals surface area contributed by atoms with E-state index in [0.29, 0.717) is 45.4 Å². The number of carbonyl (C=O) groups is 2. The van der Waals surface area contributed by atoms with Crippen LogP contribution in [0.3, 0.4) is 0 Å². The van der Waals surface area contributed by atoms with Crippen LogP contribution in [-0.4, -0.2) is 73.7 Å². The summed E-state index contributed by atoms with van der Waals surface area (Å²) in [7, 11) is 0. The third-order valence-electron chi connectivity index (χ3n) is 4.71. The Morgan fingerprint density at radius 1 is 1.11 bits per heavy atom. The first-order chi connectivity index (χ1) is 12.9. The summed E-state index contributed by atoms with van der Waals surface area (Å²) >= 11 is 0. The Morgan fingerprint density at radius 2 is 1.74 bits per heavy atom. The van der Waals surface area contributed by atoms with Gasteiger partial charge in [-0.25, -0.2) is 4.79 Å². The van der Waals surface area contributed by atoms with Crippen LogP contribution in [-0.2, 0) is 9.53 Å². The van der Waals surface area contributed by atoms with Gasteiger partial charge in [0.1, 0.15) is 0 Å². The first kappa shape index (κ1) is 21.0. The zero-order chi connectivity index (χ0) is 19.8. The number of rotatable bonds is 7. The molecule has 2 rings (SSSR count). The second-order valence-electron chi connectivity index (χ2n) is 6.94. The number of hydrogen-bond acceptors (Lipinski definition) is 5. The summed E-state index contributed by atoms with van der Waals surface area (Å²) in [5, 5.41) is 2.95. The van der Waals surface area contributed by atoms with Gasteiger partial charge in [-0.2, -0.15) is 0 Å². The quantitative estimate of drug-likeness (QED) is 0.792. The molecule has 0 radical (unpaired) electrons. The predicted octanol–water partition coefficient (Wildman–Crippen LogP) is 2.63. The minimum absolute atomic E-state index is 0.0384. The fourth-order valence-corrected chi connectivity index (χ4v) is 3.29. The minimum atomic E-state index is -0.274. The van der Waals surface area contributed by atoms with Crippen molar-refractivity contribution in [1.29, 1.82) is 0 Å². The molecule has 0 bridgehead atoms. The van der Waals surface area contributed by atoms with E-state index in [2.05, 4.69) is 35.9 Å². The summed E-state index contributed by atoms with van der Waals surface area (Å²) < 4.78 is 5.01. The van der Waals surface area contributed by atoms with E-state index in [4.69, 9.17) is 4.74 Å². The van der Waals surface area contributed by atoms with Gasteiger partial charge in [0, 0.05) is 50.1 Å². The molecule has 1 aromatic rings. The first-order valence-corrected chi connectivity index (χ1v) is 9.75. The van der Waals surface area contributed by atoms with Crippen molar-refractivity contribution in [1.82, 2.24) is 9.80 Å². The Morgan fingerprint density at radius 3 is 2.26 bits per heavy atom. The van der Waals surface area contributed by atoms with Crippen LogP contribution >= 0.6 is 0 Å². The zero-order valence-electron chi connectivity index (χ0n) is 16.9. The molecule has 0 aliphatic carbocycles. The molecular formula is C20H32N4O3. The summed E-state index contributed by atoms with van der Waals surface area (Å²) in [6, 6.07) is 8.39. The number of nitrogens with zero attached hydrogens (tertiary/aromatic N) is 3. The van der Waals surface area contributed by atoms with Crippen LogP contribution in [0.25, 0.3) is 0 Å². The van der Waals surface area contributed by atoms with Crippen LogP contribution in [0.4, 0.5) is 16.2 Å². The topological polar surface area (TPSA) is 65.1 Å². The molecule has 0 unspecified atom stereocenters. The van der Waals surface area contributed by atoms with Crippen LogP contribution in [0.15, 0.2) is 24.3 Å². The van der Waals surface area contributed by atoms with Gasteiger partial charge >= 0.3 is 6.09 Å². The summed E-state index contributed by atoms with van der Waals surface area (Å²) in [6.45, 7) is 12.4. The molecule has 150 valence electrons. The van der Waals surface area contributed by atoms with Gasteiger partial charge in [0.05, 0.1) is 13.2 Å². The lowest BCUT2D eigenvalue weighted by Gasteiger charge is -2.33. The van der Waals surface area contributed by atoms with Crippen LogP contribution in [0.2, 0.25) is 0 Å². The minimum Gasteiger partial charge on any atom is -0.450 e. The lowest BCUT2D eigenvalue weighted by atomic mass is 10.2. The van der Waals surface area contributed by atoms with Gasteiger partial charge < -0.3 is 19.9 Å². The second kappa shape index (κ2) is 10.2. The van der Waals surface area contributed by atoms with Crippen LogP contribution in [0, 0.1) is 0 Å². The standard InChI is InChI=1S/C20H32N4O3/c1-5-24(16(3)4)18-9-7-17(8-10-18)21-19(25)15-22-11-13-23(14-12-22)20(26)27-6-2/h7-10,16H,5-6,11-15H2,1-4H3,(H,21,25). The lowest BCUT2D eigenvalue weighted by Crippen LogP contribution is -2.50. The van der Waals surface area contributed by atoms with Crippen LogP contribution in [0.1, 0.15) is 27.7 Å². The molecule has 0 saturated carbocycles. The van der Waals surface area contributed by atoms with E-state index in [0.717, 1.165) is 17.9 Å². The van der Waals surface area contributed by atoms with Crippen molar-refractivity contribution < 1.29 is 14.3 Å². The van der Waals surface area contributed by atoms with E-state index in [9.17, 15) is 9.59 Å². The third-order valence-corrected chi connectivity index (χ3v) is 4.71. The summed E-state index contributed by atoms with van der Waals surface area (Å²) in [5.41, 5.74) is 1.95. The maximum Gasteiger partial charge on any atom is 0.409 e. The number of hydrogen-bond donors (Lipinski definition) is 1. The monoisotopic (exact) mass is 376 g/mol. The van der Waals surface area contributed by atoms with Crippen molar-refractivity contribution in [3.63, 3.8) is 0 Å². The molecule has 0 spiro atoms. The van der Waals surface area contributed by atoms with Gasteiger partial charge in [-0.15, -0.1) is 0 Å². The van der Waals surface area contributed by atoms with E-state index >= 15 is 0 Å². The number of anilines is 2. The average Bonchev–Trinajstić information content (AvgIpc) is 2.64. The molecule has 7 nitrogen and oxygen atoms in total. The van der Waals surface area contributed by atoms with Gasteiger partial charge in [-0.05, 0) is 52.0 Å². The Balaban J connectivity index is 1.80. The van der Waals surface area contributed by atoms with E-state index in [-0.39, 0.29) is 12.0 Å². The smallest absolute Gasteiger partial charge is 0.409 e. The van der Waals surface area contributed by atoms with Gasteiger partial charge in [0.2, 0.25) is 5.91 Å². The highest BCUT2D eigenvalue weighted by Crippen LogP contribution is 2.20. The molecule has 1 aliphatic heterocycles. The Hall–Kier alpha value is -2.28. The Bertz CT molecular complexity index is 610. The van der Waals surface area contributed by atoms with Crippen LogP contribution in [0.5, 0.6) is 0 Å². The number of ether oxygens (including phenoxy) is 1. The summed E-state index contributed by atoms with van der Waals surface area (Å²) in [5.74, 6) is -0.0384. The molecule has 1 aromatic carbocycles. The zero-order valence-corrected chi connectivity index (χ0v) is 16.9. The molecule has 1 N–H and O–H groups in total. The van der Waals surface area contributed by atoms with Crippen molar-refractivity contribution in [2.45, 2.75) is 33.7 Å². The maximum atomic E-state index is 12.3. The van der Waals surface area contributed by atoms with Crippen LogP contribution < -0.4 is 10.2 Å². The van der Waals surface area contributed by atoms with E-state index in [1.54, 1.807) is 11.8 Å². The van der Waals surface area contributed by atoms with Crippen molar-refractivity contribution in [2.75, 3.05) is 56.1 Å². The van der Waals surface area contributed by atoms with Gasteiger partial charge in [-0.1, -0.05) is 0 Å². The third kappa shape index (κ3) is 6.13. The number of benzene rings is 1. The predicted molar refractivity (Wildman–Crippen MR) is 108 cm³/mol. The lowest BCUT2D eigenvalue weighted by molar-refractivity contribution is -0.117. The van der Waals surface area contributed by atoms with Gasteiger partial charge in [-0.3, -0.25) is 9.69 Å². The molecule has 1 heterocycles. The maximum absolute atomic E-state index is 12.3. The van der Waals surface area contributed by atoms with E-state index in [1.165, 1.54) is 0 Å². The van der Waals surface area contributed by atoms with Gasteiger partial charge in [0.25, 0.3) is 0 Å². The Kier molecular flexibility index (Phi) is 7.91. The normalized spacial score (nSPS) is 14.9. The van der Waals surface area contributed by atoms with Crippen molar-refractivity contribution in [3.8, 4) is 0 Å². The fourth-order valence-electron chi connectivity index (χ4n) is 3.29. The highest BCUT2D eigenvalue weighted by atomic mass is 16.6. The molecular weight excluding hydrogens is 344 g/mol. The van der Waals surface area contributed by atoms with E-state index < -0.39 is 0 Å². The molecule has 1 fully saturated rings. The summed E-state index contributed by atoms with van der Waals surface area (Å²) in [4.78, 5) is 30.1. The molecule has 0 atom stereocenters. The number of piperazine rings is 1. The second-order valence-corrected chi connectivity index (χ2v) is 6.94. The highest BCUT2D eigenvalue weighted by molar-refractivity contribution is 5.92. The highest BCUT2D eigenvalue weighted by Gasteiger charge is 2.23. The molecule has 1 saturated heterocycles. The Labute approximate surface area is 162 Å². The number of carbonyl (C=O) groups excluding carboxylic acids is 2. The first-order valence-electron chi connectivity index (χ1n) is 9.75. The van der Waals surface area contributed by atoms with Crippen molar-refractivity contribution in [3.05, 3.63) is 24.3 Å². The summed E-state index contributed by atoms with van der Waals surface area (Å²) in [6.07, 6.45) is -0.274.